The van der Waals surface area contributed by atoms with E-state index >= 15 is 0 Å². The lowest BCUT2D eigenvalue weighted by Crippen LogP contribution is -2.06. The number of esters is 1. The first-order chi connectivity index (χ1) is 16.0. The second kappa shape index (κ2) is 11.5. The molecule has 33 heavy (non-hydrogen) atoms. The Hall–Kier alpha value is -4.14. The van der Waals surface area contributed by atoms with Gasteiger partial charge in [-0.05, 0) is 55.0 Å². The van der Waals surface area contributed by atoms with E-state index in [1.54, 1.807) is 37.4 Å². The minimum absolute atomic E-state index is 0.0130. The van der Waals surface area contributed by atoms with Crippen LogP contribution < -0.4 is 4.74 Å². The van der Waals surface area contributed by atoms with Gasteiger partial charge in [-0.2, -0.15) is 15.3 Å². The average molecular weight is 450 g/mol. The summed E-state index contributed by atoms with van der Waals surface area (Å²) in [5.41, 5.74) is 1.17. The molecule has 9 heteroatoms. The van der Waals surface area contributed by atoms with Gasteiger partial charge < -0.3 is 14.6 Å². The number of rotatable bonds is 9. The van der Waals surface area contributed by atoms with Crippen LogP contribution in [-0.2, 0) is 4.74 Å². The quantitative estimate of drug-likeness (QED) is 0.209. The predicted octanol–water partition coefficient (Wildman–Crippen LogP) is 7.33. The maximum Gasteiger partial charge on any atom is 0.341 e. The van der Waals surface area contributed by atoms with Crippen molar-refractivity contribution >= 4 is 28.7 Å². The molecule has 0 aromatic heterocycles. The lowest BCUT2D eigenvalue weighted by Gasteiger charge is -2.06. The number of hydrogen-bond donors (Lipinski definition) is 1. The van der Waals surface area contributed by atoms with E-state index in [0.29, 0.717) is 17.1 Å². The van der Waals surface area contributed by atoms with Gasteiger partial charge >= 0.3 is 5.97 Å². The van der Waals surface area contributed by atoms with E-state index < -0.39 is 11.8 Å². The number of phenolic OH excluding ortho intramolecular Hbond substituents is 1. The lowest BCUT2D eigenvalue weighted by atomic mass is 10.2. The van der Waals surface area contributed by atoms with Crippen LogP contribution in [0.1, 0.15) is 30.1 Å². The SMILES string of the molecule is CCCCOC(=O)c1ccc(N=Nc2ccc(N=Nc3ccc(OC)cc3)cc2F)cc1O. The van der Waals surface area contributed by atoms with Crippen LogP contribution in [-0.4, -0.2) is 24.8 Å². The van der Waals surface area contributed by atoms with E-state index in [1.165, 1.54) is 30.3 Å². The summed E-state index contributed by atoms with van der Waals surface area (Å²) < 4.78 is 24.6. The fraction of sp³-hybridized carbons (Fsp3) is 0.208. The molecule has 0 aliphatic rings. The zero-order valence-corrected chi connectivity index (χ0v) is 18.2. The van der Waals surface area contributed by atoms with Gasteiger partial charge in [0.2, 0.25) is 0 Å². The van der Waals surface area contributed by atoms with Gasteiger partial charge in [-0.15, -0.1) is 5.11 Å². The van der Waals surface area contributed by atoms with Crippen LogP contribution in [0.4, 0.5) is 27.1 Å². The smallest absolute Gasteiger partial charge is 0.341 e. The van der Waals surface area contributed by atoms with Gasteiger partial charge in [-0.1, -0.05) is 13.3 Å². The zero-order valence-electron chi connectivity index (χ0n) is 18.2. The Morgan fingerprint density at radius 3 is 2.21 bits per heavy atom. The number of benzene rings is 3. The lowest BCUT2D eigenvalue weighted by molar-refractivity contribution is 0.0496. The molecule has 3 rings (SSSR count). The van der Waals surface area contributed by atoms with Gasteiger partial charge in [-0.25, -0.2) is 9.18 Å². The molecule has 0 unspecified atom stereocenters. The summed E-state index contributed by atoms with van der Waals surface area (Å²) in [7, 11) is 1.57. The second-order valence-corrected chi connectivity index (χ2v) is 6.92. The van der Waals surface area contributed by atoms with Crippen molar-refractivity contribution < 1.29 is 23.8 Å². The van der Waals surface area contributed by atoms with Gasteiger partial charge in [-0.3, -0.25) is 0 Å². The van der Waals surface area contributed by atoms with Crippen molar-refractivity contribution in [2.45, 2.75) is 19.8 Å². The standard InChI is InChI=1S/C24H23FN4O4/c1-3-4-13-33-24(31)20-11-7-18(15-23(20)30)28-29-22-12-8-17(14-21(22)25)27-26-16-5-9-19(32-2)10-6-16/h5-12,14-15,30H,3-4,13H2,1-2H3. The summed E-state index contributed by atoms with van der Waals surface area (Å²) in [6.07, 6.45) is 1.63. The molecule has 0 atom stereocenters. The highest BCUT2D eigenvalue weighted by Crippen LogP contribution is 2.29. The van der Waals surface area contributed by atoms with E-state index in [4.69, 9.17) is 9.47 Å². The molecule has 3 aromatic carbocycles. The third-order valence-corrected chi connectivity index (χ3v) is 4.49. The van der Waals surface area contributed by atoms with Crippen LogP contribution in [0, 0.1) is 5.82 Å². The molecule has 0 bridgehead atoms. The van der Waals surface area contributed by atoms with Crippen LogP contribution in [0.2, 0.25) is 0 Å². The molecular formula is C24H23FN4O4. The van der Waals surface area contributed by atoms with Crippen LogP contribution in [0.15, 0.2) is 81.1 Å². The molecule has 0 aliphatic heterocycles. The summed E-state index contributed by atoms with van der Waals surface area (Å²) >= 11 is 0. The van der Waals surface area contributed by atoms with E-state index in [2.05, 4.69) is 20.5 Å². The molecule has 3 aromatic rings. The van der Waals surface area contributed by atoms with Crippen molar-refractivity contribution in [1.29, 1.82) is 0 Å². The summed E-state index contributed by atoms with van der Waals surface area (Å²) in [6.45, 7) is 2.26. The van der Waals surface area contributed by atoms with Gasteiger partial charge in [0.1, 0.15) is 22.7 Å². The first-order valence-corrected chi connectivity index (χ1v) is 10.3. The molecule has 0 fully saturated rings. The molecule has 0 heterocycles. The van der Waals surface area contributed by atoms with Crippen LogP contribution in [0.5, 0.6) is 11.5 Å². The molecular weight excluding hydrogens is 427 g/mol. The van der Waals surface area contributed by atoms with E-state index in [0.717, 1.165) is 12.8 Å². The van der Waals surface area contributed by atoms with Crippen molar-refractivity contribution in [2.24, 2.45) is 20.5 Å². The number of hydrogen-bond acceptors (Lipinski definition) is 8. The van der Waals surface area contributed by atoms with E-state index in [1.807, 2.05) is 6.92 Å². The highest BCUT2D eigenvalue weighted by atomic mass is 19.1. The second-order valence-electron chi connectivity index (χ2n) is 6.92. The number of halogens is 1. The number of carbonyl (C=O) groups is 1. The van der Waals surface area contributed by atoms with Crippen LogP contribution in [0.3, 0.4) is 0 Å². The highest BCUT2D eigenvalue weighted by Gasteiger charge is 2.13. The Bertz CT molecular complexity index is 1160. The van der Waals surface area contributed by atoms with E-state index in [9.17, 15) is 14.3 Å². The first kappa shape index (κ1) is 23.5. The molecule has 170 valence electrons. The summed E-state index contributed by atoms with van der Waals surface area (Å²) in [4.78, 5) is 12.0. The fourth-order valence-electron chi connectivity index (χ4n) is 2.66. The van der Waals surface area contributed by atoms with Crippen LogP contribution in [0.25, 0.3) is 0 Å². The molecule has 0 radical (unpaired) electrons. The number of azo groups is 2. The van der Waals surface area contributed by atoms with Crippen LogP contribution >= 0.6 is 0 Å². The monoisotopic (exact) mass is 450 g/mol. The summed E-state index contributed by atoms with van der Waals surface area (Å²) in [5, 5.41) is 25.9. The zero-order chi connectivity index (χ0) is 23.6. The Kier molecular flexibility index (Phi) is 8.18. The highest BCUT2D eigenvalue weighted by molar-refractivity contribution is 5.92. The molecule has 8 nitrogen and oxygen atoms in total. The van der Waals surface area contributed by atoms with Gasteiger partial charge in [0.25, 0.3) is 0 Å². The average Bonchev–Trinajstić information content (AvgIpc) is 2.82. The van der Waals surface area contributed by atoms with Gasteiger partial charge in [0.05, 0.1) is 30.8 Å². The number of aromatic hydroxyl groups is 1. The maximum atomic E-state index is 14.4. The Morgan fingerprint density at radius 2 is 1.55 bits per heavy atom. The molecule has 0 amide bonds. The first-order valence-electron chi connectivity index (χ1n) is 10.3. The van der Waals surface area contributed by atoms with Crippen molar-refractivity contribution in [1.82, 2.24) is 0 Å². The maximum absolute atomic E-state index is 14.4. The normalized spacial score (nSPS) is 11.2. The molecule has 0 saturated heterocycles. The van der Waals surface area contributed by atoms with Crippen molar-refractivity contribution in [3.63, 3.8) is 0 Å². The molecule has 0 aliphatic carbocycles. The third-order valence-electron chi connectivity index (χ3n) is 4.49. The minimum Gasteiger partial charge on any atom is -0.507 e. The minimum atomic E-state index is -0.634. The third kappa shape index (κ3) is 6.67. The predicted molar refractivity (Wildman–Crippen MR) is 121 cm³/mol. The Labute approximate surface area is 190 Å². The number of ether oxygens (including phenoxy) is 2. The number of unbranched alkanes of at least 4 members (excludes halogenated alkanes) is 1. The van der Waals surface area contributed by atoms with Crippen molar-refractivity contribution in [3.8, 4) is 11.5 Å². The van der Waals surface area contributed by atoms with E-state index in [-0.39, 0.29) is 29.3 Å². The Balaban J connectivity index is 1.66. The number of phenols is 1. The Morgan fingerprint density at radius 1 is 0.909 bits per heavy atom. The molecule has 0 spiro atoms. The number of methoxy groups -OCH3 is 1. The summed E-state index contributed by atoms with van der Waals surface area (Å²) in [5.74, 6) is -0.840. The van der Waals surface area contributed by atoms with Gasteiger partial charge in [0, 0.05) is 12.1 Å². The van der Waals surface area contributed by atoms with Crippen molar-refractivity contribution in [2.75, 3.05) is 13.7 Å². The van der Waals surface area contributed by atoms with Crippen molar-refractivity contribution in [3.05, 3.63) is 72.0 Å². The number of carbonyl (C=O) groups excluding carboxylic acids is 1. The number of nitrogens with zero attached hydrogens (tertiary/aromatic N) is 4. The fourth-order valence-corrected chi connectivity index (χ4v) is 2.66. The topological polar surface area (TPSA) is 105 Å². The molecule has 0 saturated carbocycles. The molecule has 1 N–H and O–H groups in total. The van der Waals surface area contributed by atoms with Gasteiger partial charge in [0.15, 0.2) is 5.82 Å². The summed E-state index contributed by atoms with van der Waals surface area (Å²) in [6, 6.07) is 15.2. The largest absolute Gasteiger partial charge is 0.507 e.